The van der Waals surface area contributed by atoms with Crippen LogP contribution >= 0.6 is 67.8 Å². The summed E-state index contributed by atoms with van der Waals surface area (Å²) in [7, 11) is -3.78. The fourth-order valence-corrected chi connectivity index (χ4v) is 8.95. The Morgan fingerprint density at radius 2 is 1.79 bits per heavy atom. The number of esters is 2. The maximum absolute atomic E-state index is 13.2. The van der Waals surface area contributed by atoms with Gasteiger partial charge < -0.3 is 14.6 Å². The van der Waals surface area contributed by atoms with Gasteiger partial charge in [0.15, 0.2) is 0 Å². The van der Waals surface area contributed by atoms with E-state index in [2.05, 4.69) is 72.2 Å². The molecule has 4 saturated carbocycles. The van der Waals surface area contributed by atoms with E-state index in [1.165, 1.54) is 0 Å². The highest BCUT2D eigenvalue weighted by molar-refractivity contribution is 14.1. The highest BCUT2D eigenvalue weighted by atomic mass is 127. The molecular formula is C22H23I3NO7S-. The monoisotopic (exact) mass is 826 g/mol. The van der Waals surface area contributed by atoms with Crippen molar-refractivity contribution in [1.29, 1.82) is 0 Å². The molecule has 0 aliphatic heterocycles. The van der Waals surface area contributed by atoms with Crippen molar-refractivity contribution >= 4 is 95.6 Å². The van der Waals surface area contributed by atoms with Gasteiger partial charge in [0.05, 0.1) is 23.8 Å². The molecule has 0 heterocycles. The summed E-state index contributed by atoms with van der Waals surface area (Å²) in [5, 5.41) is 11.7. The molecule has 34 heavy (non-hydrogen) atoms. The maximum atomic E-state index is 13.2. The van der Waals surface area contributed by atoms with Crippen molar-refractivity contribution in [3.05, 3.63) is 28.4 Å². The molecule has 4 aliphatic carbocycles. The van der Waals surface area contributed by atoms with Gasteiger partial charge in [-0.25, -0.2) is 13.2 Å². The standard InChI is InChI=1S/C22H24I3NO7S/c1-34(30,31)26-17(27)2-3-32-20(29)21-7-12-4-13(8-21)10-22(9-12,11-21)33-19(28)15-5-14(23)6-16(24)18(15)25/h5-6,12-13H,2-4,7-11H2,1H3,(H,26,27)/p-1. The van der Waals surface area contributed by atoms with Crippen LogP contribution < -0.4 is 5.11 Å². The number of benzene rings is 1. The van der Waals surface area contributed by atoms with Crippen LogP contribution in [0, 0.1) is 28.0 Å². The Morgan fingerprint density at radius 3 is 2.41 bits per heavy atom. The van der Waals surface area contributed by atoms with Crippen molar-refractivity contribution in [2.45, 2.75) is 50.5 Å². The minimum atomic E-state index is -3.78. The Labute approximate surface area is 239 Å². The van der Waals surface area contributed by atoms with Gasteiger partial charge in [-0.2, -0.15) is 4.40 Å². The van der Waals surface area contributed by atoms with E-state index in [4.69, 9.17) is 9.47 Å². The summed E-state index contributed by atoms with van der Waals surface area (Å²) >= 11 is 6.55. The van der Waals surface area contributed by atoms with Gasteiger partial charge in [0.2, 0.25) is 10.0 Å². The smallest absolute Gasteiger partial charge is 0.339 e. The van der Waals surface area contributed by atoms with E-state index in [0.717, 1.165) is 36.2 Å². The second-order valence-electron chi connectivity index (χ2n) is 9.67. The molecule has 8 nitrogen and oxygen atoms in total. The van der Waals surface area contributed by atoms with Crippen LogP contribution in [0.3, 0.4) is 0 Å². The van der Waals surface area contributed by atoms with Crippen molar-refractivity contribution in [2.24, 2.45) is 21.6 Å². The topological polar surface area (TPSA) is 122 Å². The molecule has 4 bridgehead atoms. The van der Waals surface area contributed by atoms with Crippen molar-refractivity contribution < 1.29 is 32.6 Å². The molecule has 0 spiro atoms. The summed E-state index contributed by atoms with van der Waals surface area (Å²) in [4.78, 5) is 26.4. The molecule has 0 radical (unpaired) electrons. The lowest BCUT2D eigenvalue weighted by atomic mass is 9.48. The average Bonchev–Trinajstić information content (AvgIpc) is 2.67. The molecule has 0 N–H and O–H groups in total. The van der Waals surface area contributed by atoms with Crippen molar-refractivity contribution in [2.75, 3.05) is 12.9 Å². The van der Waals surface area contributed by atoms with Crippen molar-refractivity contribution in [3.8, 4) is 0 Å². The van der Waals surface area contributed by atoms with Crippen LogP contribution in [0.1, 0.15) is 55.3 Å². The Morgan fingerprint density at radius 1 is 1.15 bits per heavy atom. The largest absolute Gasteiger partial charge is 0.861 e. The fourth-order valence-electron chi connectivity index (χ4n) is 6.11. The highest BCUT2D eigenvalue weighted by Crippen LogP contribution is 2.63. The third-order valence-electron chi connectivity index (χ3n) is 6.78. The van der Waals surface area contributed by atoms with Gasteiger partial charge in [-0.05, 0) is 130 Å². The molecule has 2 unspecified atom stereocenters. The molecule has 1 aromatic carbocycles. The lowest BCUT2D eigenvalue weighted by molar-refractivity contribution is -0.220. The lowest BCUT2D eigenvalue weighted by Crippen LogP contribution is -2.60. The number of sulfonamides is 1. The van der Waals surface area contributed by atoms with Crippen LogP contribution in [0.2, 0.25) is 0 Å². The van der Waals surface area contributed by atoms with E-state index in [1.54, 1.807) is 0 Å². The van der Waals surface area contributed by atoms with Crippen LogP contribution in [0.5, 0.6) is 0 Å². The third-order valence-corrected chi connectivity index (χ3v) is 11.0. The Balaban J connectivity index is 1.49. The first-order valence-electron chi connectivity index (χ1n) is 10.8. The summed E-state index contributed by atoms with van der Waals surface area (Å²) in [5.41, 5.74) is -0.900. The average molecular weight is 826 g/mol. The zero-order chi connectivity index (χ0) is 24.9. The van der Waals surface area contributed by atoms with Crippen molar-refractivity contribution in [1.82, 2.24) is 0 Å². The highest BCUT2D eigenvalue weighted by Gasteiger charge is 2.63. The quantitative estimate of drug-likeness (QED) is 0.135. The summed E-state index contributed by atoms with van der Waals surface area (Å²) in [6.07, 6.45) is 4.83. The minimum absolute atomic E-state index is 0.223. The Kier molecular flexibility index (Phi) is 7.82. The van der Waals surface area contributed by atoms with Gasteiger partial charge >= 0.3 is 11.9 Å². The van der Waals surface area contributed by atoms with E-state index in [9.17, 15) is 23.1 Å². The number of carbonyl (C=O) groups is 2. The first-order valence-corrected chi connectivity index (χ1v) is 15.9. The number of nitrogens with zero attached hydrogens (tertiary/aromatic N) is 1. The second-order valence-corrected chi connectivity index (χ2v) is 14.8. The number of ether oxygens (including phenoxy) is 2. The van der Waals surface area contributed by atoms with Gasteiger partial charge in [0, 0.05) is 23.6 Å². The first-order chi connectivity index (χ1) is 15.8. The van der Waals surface area contributed by atoms with E-state index < -0.39 is 32.9 Å². The third kappa shape index (κ3) is 5.84. The summed E-state index contributed by atoms with van der Waals surface area (Å²) < 4.78 is 39.7. The SMILES string of the molecule is CS(=O)(=O)/N=C(\[O-])CCOC(=O)C12CC3CC(CC(OC(=O)c4cc(I)cc(I)c4I)(C3)C1)C2. The molecule has 186 valence electrons. The predicted octanol–water partition coefficient (Wildman–Crippen LogP) is 3.65. The molecule has 0 amide bonds. The molecular weight excluding hydrogens is 803 g/mol. The number of hydrogen-bond acceptors (Lipinski definition) is 7. The van der Waals surface area contributed by atoms with E-state index >= 15 is 0 Å². The normalized spacial score (nSPS) is 30.3. The zero-order valence-corrected chi connectivity index (χ0v) is 25.6. The summed E-state index contributed by atoms with van der Waals surface area (Å²) in [6, 6.07) is 3.83. The number of hydrogen-bond donors (Lipinski definition) is 0. The molecule has 12 heteroatoms. The molecule has 0 saturated heterocycles. The van der Waals surface area contributed by atoms with E-state index in [-0.39, 0.29) is 30.8 Å². The predicted molar refractivity (Wildman–Crippen MR) is 148 cm³/mol. The first kappa shape index (κ1) is 26.8. The van der Waals surface area contributed by atoms with Crippen LogP contribution in [0.4, 0.5) is 0 Å². The number of halogens is 3. The zero-order valence-electron chi connectivity index (χ0n) is 18.3. The van der Waals surface area contributed by atoms with Crippen molar-refractivity contribution in [3.63, 3.8) is 0 Å². The van der Waals surface area contributed by atoms with Gasteiger partial charge in [0.25, 0.3) is 0 Å². The van der Waals surface area contributed by atoms with Gasteiger partial charge in [-0.15, -0.1) is 0 Å². The molecule has 0 aromatic heterocycles. The Hall–Kier alpha value is -0.230. The molecule has 5 rings (SSSR count). The van der Waals surface area contributed by atoms with Gasteiger partial charge in [0.1, 0.15) is 5.60 Å². The van der Waals surface area contributed by atoms with Crippen LogP contribution in [0.25, 0.3) is 0 Å². The fraction of sp³-hybridized carbons (Fsp3) is 0.591. The second kappa shape index (κ2) is 9.91. The van der Waals surface area contributed by atoms with Gasteiger partial charge in [-0.1, -0.05) is 0 Å². The Bertz CT molecular complexity index is 1150. The van der Waals surface area contributed by atoms with Gasteiger partial charge in [-0.3, -0.25) is 4.79 Å². The maximum Gasteiger partial charge on any atom is 0.339 e. The molecule has 4 aliphatic rings. The lowest BCUT2D eigenvalue weighted by Gasteiger charge is -2.59. The number of carbonyl (C=O) groups excluding carboxylic acids is 2. The van der Waals surface area contributed by atoms with E-state index in [0.29, 0.717) is 24.8 Å². The van der Waals surface area contributed by atoms with Crippen LogP contribution in [-0.4, -0.2) is 44.7 Å². The van der Waals surface area contributed by atoms with Crippen LogP contribution in [0.15, 0.2) is 16.5 Å². The van der Waals surface area contributed by atoms with E-state index in [1.807, 2.05) is 12.1 Å². The molecule has 4 fully saturated rings. The molecule has 2 atom stereocenters. The summed E-state index contributed by atoms with van der Waals surface area (Å²) in [6.45, 7) is -0.223. The van der Waals surface area contributed by atoms with Crippen LogP contribution in [-0.2, 0) is 24.3 Å². The number of rotatable bonds is 7. The summed E-state index contributed by atoms with van der Waals surface area (Å²) in [5.74, 6) is -1.04. The minimum Gasteiger partial charge on any atom is -0.861 e. The molecule has 1 aromatic rings.